The first kappa shape index (κ1) is 25.1. The number of hydrogen-bond acceptors (Lipinski definition) is 7. The summed E-state index contributed by atoms with van der Waals surface area (Å²) in [4.78, 5) is 23.5. The van der Waals surface area contributed by atoms with Gasteiger partial charge in [0.1, 0.15) is 5.82 Å². The Morgan fingerprint density at radius 2 is 1.81 bits per heavy atom. The molecule has 1 saturated heterocycles. The van der Waals surface area contributed by atoms with E-state index in [1.807, 2.05) is 24.0 Å². The van der Waals surface area contributed by atoms with Crippen molar-refractivity contribution in [3.05, 3.63) is 54.3 Å². The Kier molecular flexibility index (Phi) is 6.82. The predicted octanol–water partition coefficient (Wildman–Crippen LogP) is 3.86. The summed E-state index contributed by atoms with van der Waals surface area (Å²) in [5, 5.41) is 5.69. The molecule has 2 amide bonds. The van der Waals surface area contributed by atoms with Gasteiger partial charge in [-0.15, -0.1) is 0 Å². The standard InChI is InChI=1S/C26H28FN5O4S/c1-16-15-36-12-11-32(16)25-30-22(17-3-6-19(7-4-17)28-26(33)29-20-8-9-20)14-23(31-25)21-13-18(27)5-10-24(21)37(2,34)35/h3-7,10,13-14,16,20H,8-9,11-12,15H2,1-2H3,(H2,28,29,33)/t16-/m0/s1. The largest absolute Gasteiger partial charge is 0.377 e. The van der Waals surface area contributed by atoms with Crippen molar-refractivity contribution in [3.63, 3.8) is 0 Å². The third-order valence-electron chi connectivity index (χ3n) is 6.31. The number of rotatable bonds is 6. The molecule has 1 aliphatic carbocycles. The molecule has 194 valence electrons. The van der Waals surface area contributed by atoms with Gasteiger partial charge in [-0.25, -0.2) is 27.6 Å². The summed E-state index contributed by atoms with van der Waals surface area (Å²) in [6.07, 6.45) is 3.08. The first-order valence-electron chi connectivity index (χ1n) is 12.1. The fraction of sp³-hybridized carbons (Fsp3) is 0.346. The number of benzene rings is 2. The molecule has 2 fully saturated rings. The summed E-state index contributed by atoms with van der Waals surface area (Å²) in [6, 6.07) is 12.4. The van der Waals surface area contributed by atoms with Crippen LogP contribution in [0.5, 0.6) is 0 Å². The van der Waals surface area contributed by atoms with Gasteiger partial charge in [0.15, 0.2) is 9.84 Å². The van der Waals surface area contributed by atoms with Gasteiger partial charge in [0, 0.05) is 35.7 Å². The molecule has 1 aliphatic heterocycles. The molecule has 11 heteroatoms. The molecule has 0 unspecified atom stereocenters. The number of morpholine rings is 1. The molecule has 37 heavy (non-hydrogen) atoms. The van der Waals surface area contributed by atoms with Crippen molar-refractivity contribution in [3.8, 4) is 22.5 Å². The quantitative estimate of drug-likeness (QED) is 0.470. The lowest BCUT2D eigenvalue weighted by Crippen LogP contribution is -2.44. The van der Waals surface area contributed by atoms with Gasteiger partial charge in [0.05, 0.1) is 35.5 Å². The molecule has 9 nitrogen and oxygen atoms in total. The van der Waals surface area contributed by atoms with E-state index >= 15 is 0 Å². The Hall–Kier alpha value is -3.57. The van der Waals surface area contributed by atoms with E-state index in [1.54, 1.807) is 18.2 Å². The summed E-state index contributed by atoms with van der Waals surface area (Å²) >= 11 is 0. The molecule has 2 aliphatic rings. The van der Waals surface area contributed by atoms with Gasteiger partial charge in [0.25, 0.3) is 0 Å². The smallest absolute Gasteiger partial charge is 0.319 e. The zero-order valence-corrected chi connectivity index (χ0v) is 21.4. The highest BCUT2D eigenvalue weighted by atomic mass is 32.2. The highest BCUT2D eigenvalue weighted by Gasteiger charge is 2.25. The molecule has 2 aromatic carbocycles. The summed E-state index contributed by atoms with van der Waals surface area (Å²) in [5.41, 5.74) is 2.36. The average Bonchev–Trinajstić information content (AvgIpc) is 3.67. The van der Waals surface area contributed by atoms with Crippen LogP contribution < -0.4 is 15.5 Å². The van der Waals surface area contributed by atoms with Crippen molar-refractivity contribution in [1.29, 1.82) is 0 Å². The first-order chi connectivity index (χ1) is 17.7. The van der Waals surface area contributed by atoms with Gasteiger partial charge >= 0.3 is 6.03 Å². The number of carbonyl (C=O) groups is 1. The van der Waals surface area contributed by atoms with Crippen molar-refractivity contribution in [1.82, 2.24) is 15.3 Å². The molecule has 2 heterocycles. The molecule has 1 saturated carbocycles. The monoisotopic (exact) mass is 525 g/mol. The molecule has 1 aromatic heterocycles. The maximum Gasteiger partial charge on any atom is 0.319 e. The van der Waals surface area contributed by atoms with E-state index in [0.29, 0.717) is 42.8 Å². The van der Waals surface area contributed by atoms with Crippen LogP contribution in [0.25, 0.3) is 22.5 Å². The Morgan fingerprint density at radius 3 is 2.49 bits per heavy atom. The fourth-order valence-electron chi connectivity index (χ4n) is 4.20. The number of hydrogen-bond donors (Lipinski definition) is 2. The minimum Gasteiger partial charge on any atom is -0.377 e. The molecule has 5 rings (SSSR count). The maximum absolute atomic E-state index is 14.3. The lowest BCUT2D eigenvalue weighted by Gasteiger charge is -2.33. The molecular weight excluding hydrogens is 497 g/mol. The molecule has 0 spiro atoms. The van der Waals surface area contributed by atoms with Crippen LogP contribution in [0.2, 0.25) is 0 Å². The van der Waals surface area contributed by atoms with E-state index in [2.05, 4.69) is 15.6 Å². The molecule has 2 N–H and O–H groups in total. The predicted molar refractivity (Wildman–Crippen MR) is 139 cm³/mol. The highest BCUT2D eigenvalue weighted by Crippen LogP contribution is 2.32. The van der Waals surface area contributed by atoms with Gasteiger partial charge in [-0.05, 0) is 56.2 Å². The number of amides is 2. The first-order valence-corrected chi connectivity index (χ1v) is 14.0. The zero-order chi connectivity index (χ0) is 26.2. The Morgan fingerprint density at radius 1 is 1.08 bits per heavy atom. The molecule has 3 aromatic rings. The summed E-state index contributed by atoms with van der Waals surface area (Å²) in [6.45, 7) is 3.56. The second-order valence-electron chi connectivity index (χ2n) is 9.42. The summed E-state index contributed by atoms with van der Waals surface area (Å²) in [5.74, 6) is -0.165. The number of nitrogens with one attached hydrogen (secondary N) is 2. The van der Waals surface area contributed by atoms with Crippen molar-refractivity contribution in [2.75, 3.05) is 36.2 Å². The highest BCUT2D eigenvalue weighted by molar-refractivity contribution is 7.90. The Bertz CT molecular complexity index is 1430. The number of anilines is 2. The number of urea groups is 1. The van der Waals surface area contributed by atoms with Crippen LogP contribution in [-0.2, 0) is 14.6 Å². The van der Waals surface area contributed by atoms with Crippen molar-refractivity contribution >= 4 is 27.5 Å². The van der Waals surface area contributed by atoms with Crippen molar-refractivity contribution in [2.24, 2.45) is 0 Å². The SMILES string of the molecule is C[C@H]1COCCN1c1nc(-c2ccc(NC(=O)NC3CC3)cc2)cc(-c2cc(F)ccc2S(C)(=O)=O)n1. The minimum absolute atomic E-state index is 0.00436. The zero-order valence-electron chi connectivity index (χ0n) is 20.6. The van der Waals surface area contributed by atoms with E-state index in [9.17, 15) is 17.6 Å². The molecule has 0 radical (unpaired) electrons. The van der Waals surface area contributed by atoms with Gasteiger partial charge in [0.2, 0.25) is 5.95 Å². The molecule has 1 atom stereocenters. The van der Waals surface area contributed by atoms with E-state index in [1.165, 1.54) is 12.1 Å². The van der Waals surface area contributed by atoms with Crippen molar-refractivity contribution < 1.29 is 22.3 Å². The van der Waals surface area contributed by atoms with Crippen LogP contribution in [-0.4, -0.2) is 62.5 Å². The minimum atomic E-state index is -3.65. The Balaban J connectivity index is 1.56. The third kappa shape index (κ3) is 5.89. The number of carbonyl (C=O) groups excluding carboxylic acids is 1. The fourth-order valence-corrected chi connectivity index (χ4v) is 5.08. The third-order valence-corrected chi connectivity index (χ3v) is 7.46. The second kappa shape index (κ2) is 10.1. The average molecular weight is 526 g/mol. The van der Waals surface area contributed by atoms with E-state index in [-0.39, 0.29) is 28.6 Å². The van der Waals surface area contributed by atoms with Crippen LogP contribution in [0.15, 0.2) is 53.4 Å². The van der Waals surface area contributed by atoms with Gasteiger partial charge in [-0.2, -0.15) is 0 Å². The van der Waals surface area contributed by atoms with Crippen LogP contribution in [0.3, 0.4) is 0 Å². The van der Waals surface area contributed by atoms with E-state index in [0.717, 1.165) is 30.7 Å². The van der Waals surface area contributed by atoms with Crippen LogP contribution >= 0.6 is 0 Å². The van der Waals surface area contributed by atoms with Crippen LogP contribution in [0.4, 0.5) is 20.8 Å². The maximum atomic E-state index is 14.3. The van der Waals surface area contributed by atoms with E-state index < -0.39 is 15.7 Å². The number of sulfone groups is 1. The summed E-state index contributed by atoms with van der Waals surface area (Å²) in [7, 11) is -3.65. The normalized spacial score (nSPS) is 17.9. The molecule has 0 bridgehead atoms. The van der Waals surface area contributed by atoms with Crippen LogP contribution in [0, 0.1) is 5.82 Å². The summed E-state index contributed by atoms with van der Waals surface area (Å²) < 4.78 is 44.8. The lowest BCUT2D eigenvalue weighted by atomic mass is 10.1. The van der Waals surface area contributed by atoms with E-state index in [4.69, 9.17) is 9.72 Å². The van der Waals surface area contributed by atoms with Crippen molar-refractivity contribution in [2.45, 2.75) is 36.7 Å². The Labute approximate surface area is 215 Å². The number of nitrogens with zero attached hydrogens (tertiary/aromatic N) is 3. The number of ether oxygens (including phenoxy) is 1. The van der Waals surface area contributed by atoms with Gasteiger partial charge in [-0.3, -0.25) is 0 Å². The van der Waals surface area contributed by atoms with Gasteiger partial charge in [-0.1, -0.05) is 12.1 Å². The topological polar surface area (TPSA) is 114 Å². The number of aromatic nitrogens is 2. The number of halogens is 1. The van der Waals surface area contributed by atoms with Gasteiger partial charge < -0.3 is 20.3 Å². The second-order valence-corrected chi connectivity index (χ2v) is 11.4. The molecular formula is C26H28FN5O4S. The lowest BCUT2D eigenvalue weighted by molar-refractivity contribution is 0.0981. The van der Waals surface area contributed by atoms with Crippen LogP contribution in [0.1, 0.15) is 19.8 Å².